The Morgan fingerprint density at radius 1 is 1.40 bits per heavy atom. The van der Waals surface area contributed by atoms with Crippen LogP contribution in [0.5, 0.6) is 0 Å². The Morgan fingerprint density at radius 3 is 2.80 bits per heavy atom. The third kappa shape index (κ3) is 5.96. The summed E-state index contributed by atoms with van der Waals surface area (Å²) in [7, 11) is 4.00. The lowest BCUT2D eigenvalue weighted by molar-refractivity contribution is -0.385. The first kappa shape index (κ1) is 17.0. The fraction of sp³-hybridized carbons (Fsp3) is 0.538. The SMILES string of the molecule is CN(C)CCOCCNCc1cccc([N+](=O)[O-])c1Br. The van der Waals surface area contributed by atoms with E-state index in [4.69, 9.17) is 4.74 Å². The van der Waals surface area contributed by atoms with Crippen molar-refractivity contribution in [3.8, 4) is 0 Å². The molecule has 1 aromatic rings. The topological polar surface area (TPSA) is 67.6 Å². The molecule has 0 aliphatic carbocycles. The smallest absolute Gasteiger partial charge is 0.283 e. The molecular formula is C13H20BrN3O3. The Kier molecular flexibility index (Phi) is 7.68. The van der Waals surface area contributed by atoms with Gasteiger partial charge in [-0.15, -0.1) is 0 Å². The van der Waals surface area contributed by atoms with Crippen LogP contribution >= 0.6 is 15.9 Å². The van der Waals surface area contributed by atoms with Crippen LogP contribution in [0.1, 0.15) is 5.56 Å². The first-order valence-corrected chi connectivity index (χ1v) is 7.16. The van der Waals surface area contributed by atoms with Gasteiger partial charge in [0.25, 0.3) is 5.69 Å². The third-order valence-corrected chi connectivity index (χ3v) is 3.59. The van der Waals surface area contributed by atoms with Crippen LogP contribution in [0.4, 0.5) is 5.69 Å². The predicted molar refractivity (Wildman–Crippen MR) is 81.9 cm³/mol. The van der Waals surface area contributed by atoms with Crippen LogP contribution in [0.15, 0.2) is 22.7 Å². The summed E-state index contributed by atoms with van der Waals surface area (Å²) in [5.41, 5.74) is 0.957. The fourth-order valence-electron chi connectivity index (χ4n) is 1.56. The minimum absolute atomic E-state index is 0.0894. The van der Waals surface area contributed by atoms with Crippen LogP contribution in [0.2, 0.25) is 0 Å². The molecule has 0 spiro atoms. The van der Waals surface area contributed by atoms with Crippen LogP contribution in [0.3, 0.4) is 0 Å². The van der Waals surface area contributed by atoms with Gasteiger partial charge in [0.2, 0.25) is 0 Å². The van der Waals surface area contributed by atoms with Crippen molar-refractivity contribution in [3.05, 3.63) is 38.3 Å². The summed E-state index contributed by atoms with van der Waals surface area (Å²) in [4.78, 5) is 12.5. The molecule has 0 aromatic heterocycles. The van der Waals surface area contributed by atoms with Gasteiger partial charge in [-0.3, -0.25) is 10.1 Å². The van der Waals surface area contributed by atoms with Crippen LogP contribution in [0, 0.1) is 10.1 Å². The fourth-order valence-corrected chi connectivity index (χ4v) is 2.11. The zero-order chi connectivity index (χ0) is 15.0. The summed E-state index contributed by atoms with van der Waals surface area (Å²) in [5, 5.41) is 14.0. The van der Waals surface area contributed by atoms with Gasteiger partial charge in [0.15, 0.2) is 0 Å². The van der Waals surface area contributed by atoms with Gasteiger partial charge in [-0.1, -0.05) is 12.1 Å². The van der Waals surface area contributed by atoms with E-state index in [1.165, 1.54) is 6.07 Å². The van der Waals surface area contributed by atoms with Gasteiger partial charge < -0.3 is 15.0 Å². The second kappa shape index (κ2) is 9.02. The van der Waals surface area contributed by atoms with Gasteiger partial charge in [-0.2, -0.15) is 0 Å². The number of rotatable bonds is 9. The van der Waals surface area contributed by atoms with Crippen molar-refractivity contribution in [3.63, 3.8) is 0 Å². The van der Waals surface area contributed by atoms with Crippen molar-refractivity contribution in [2.75, 3.05) is 40.4 Å². The van der Waals surface area contributed by atoms with Crippen molar-refractivity contribution in [2.45, 2.75) is 6.54 Å². The molecule has 0 fully saturated rings. The van der Waals surface area contributed by atoms with Crippen LogP contribution in [-0.2, 0) is 11.3 Å². The minimum Gasteiger partial charge on any atom is -0.379 e. The molecule has 0 aliphatic heterocycles. The molecule has 112 valence electrons. The predicted octanol–water partition coefficient (Wildman–Crippen LogP) is 2.03. The Hall–Kier alpha value is -1.02. The van der Waals surface area contributed by atoms with Crippen molar-refractivity contribution < 1.29 is 9.66 Å². The molecule has 0 heterocycles. The number of halogens is 1. The number of nitro groups is 1. The molecule has 0 atom stereocenters. The molecule has 1 N–H and O–H groups in total. The standard InChI is InChI=1S/C13H20BrN3O3/c1-16(2)7-9-20-8-6-15-10-11-4-3-5-12(13(11)14)17(18)19/h3-5,15H,6-10H2,1-2H3. The van der Waals surface area contributed by atoms with Crippen LogP contribution in [0.25, 0.3) is 0 Å². The molecule has 6 nitrogen and oxygen atoms in total. The number of ether oxygens (including phenoxy) is 1. The number of hydrogen-bond acceptors (Lipinski definition) is 5. The van der Waals surface area contributed by atoms with Gasteiger partial charge >= 0.3 is 0 Å². The molecule has 7 heteroatoms. The monoisotopic (exact) mass is 345 g/mol. The van der Waals surface area contributed by atoms with Crippen molar-refractivity contribution >= 4 is 21.6 Å². The number of nitro benzene ring substituents is 1. The van der Waals surface area contributed by atoms with Gasteiger partial charge in [0.1, 0.15) is 0 Å². The molecule has 0 amide bonds. The normalized spacial score (nSPS) is 11.0. The van der Waals surface area contributed by atoms with Crippen molar-refractivity contribution in [2.24, 2.45) is 0 Å². The first-order chi connectivity index (χ1) is 9.52. The molecule has 0 radical (unpaired) electrons. The molecule has 0 aliphatic rings. The molecule has 1 rings (SSSR count). The molecule has 20 heavy (non-hydrogen) atoms. The summed E-state index contributed by atoms with van der Waals surface area (Å²) < 4.78 is 5.98. The van der Waals surface area contributed by atoms with Gasteiger partial charge in [0, 0.05) is 25.7 Å². The molecule has 0 saturated heterocycles. The zero-order valence-electron chi connectivity index (χ0n) is 11.8. The number of benzene rings is 1. The number of likely N-dealkylation sites (N-methyl/N-ethyl adjacent to an activating group) is 1. The molecule has 0 saturated carbocycles. The Bertz CT molecular complexity index is 441. The average molecular weight is 346 g/mol. The second-order valence-corrected chi connectivity index (χ2v) is 5.39. The van der Waals surface area contributed by atoms with E-state index in [1.54, 1.807) is 6.07 Å². The Morgan fingerprint density at radius 2 is 2.15 bits per heavy atom. The molecular weight excluding hydrogens is 326 g/mol. The molecule has 1 aromatic carbocycles. The van der Waals surface area contributed by atoms with E-state index in [9.17, 15) is 10.1 Å². The highest BCUT2D eigenvalue weighted by Gasteiger charge is 2.14. The van der Waals surface area contributed by atoms with Crippen molar-refractivity contribution in [1.29, 1.82) is 0 Å². The summed E-state index contributed by atoms with van der Waals surface area (Å²) in [6.07, 6.45) is 0. The summed E-state index contributed by atoms with van der Waals surface area (Å²) in [6, 6.07) is 5.03. The average Bonchev–Trinajstić information content (AvgIpc) is 2.38. The van der Waals surface area contributed by atoms with Gasteiger partial charge in [-0.05, 0) is 35.6 Å². The van der Waals surface area contributed by atoms with Crippen molar-refractivity contribution in [1.82, 2.24) is 10.2 Å². The van der Waals surface area contributed by atoms with E-state index in [-0.39, 0.29) is 5.69 Å². The quantitative estimate of drug-likeness (QED) is 0.421. The number of nitrogens with zero attached hydrogens (tertiary/aromatic N) is 2. The number of nitrogens with one attached hydrogen (secondary N) is 1. The minimum atomic E-state index is -0.391. The number of hydrogen-bond donors (Lipinski definition) is 1. The van der Waals surface area contributed by atoms with Gasteiger partial charge in [0.05, 0.1) is 22.6 Å². The highest BCUT2D eigenvalue weighted by atomic mass is 79.9. The first-order valence-electron chi connectivity index (χ1n) is 6.37. The third-order valence-electron chi connectivity index (χ3n) is 2.68. The maximum absolute atomic E-state index is 10.8. The maximum atomic E-state index is 10.8. The molecule has 0 bridgehead atoms. The lowest BCUT2D eigenvalue weighted by atomic mass is 10.2. The van der Waals surface area contributed by atoms with E-state index < -0.39 is 4.92 Å². The Labute approximate surface area is 127 Å². The summed E-state index contributed by atoms with van der Waals surface area (Å²) >= 11 is 3.27. The molecule has 0 unspecified atom stereocenters. The highest BCUT2D eigenvalue weighted by Crippen LogP contribution is 2.27. The summed E-state index contributed by atoms with van der Waals surface area (Å²) in [5.74, 6) is 0. The van der Waals surface area contributed by atoms with Crippen LogP contribution < -0.4 is 5.32 Å². The lowest BCUT2D eigenvalue weighted by Crippen LogP contribution is -2.23. The Balaban J connectivity index is 2.29. The largest absolute Gasteiger partial charge is 0.379 e. The second-order valence-electron chi connectivity index (χ2n) is 4.60. The van der Waals surface area contributed by atoms with Crippen LogP contribution in [-0.4, -0.2) is 50.2 Å². The van der Waals surface area contributed by atoms with E-state index >= 15 is 0 Å². The van der Waals surface area contributed by atoms with E-state index in [1.807, 2.05) is 20.2 Å². The maximum Gasteiger partial charge on any atom is 0.283 e. The van der Waals surface area contributed by atoms with E-state index in [0.29, 0.717) is 30.8 Å². The van der Waals surface area contributed by atoms with Gasteiger partial charge in [-0.25, -0.2) is 0 Å². The lowest BCUT2D eigenvalue weighted by Gasteiger charge is -2.10. The summed E-state index contributed by atoms with van der Waals surface area (Å²) in [6.45, 7) is 3.51. The zero-order valence-corrected chi connectivity index (χ0v) is 13.4. The van der Waals surface area contributed by atoms with E-state index in [0.717, 1.165) is 12.1 Å². The highest BCUT2D eigenvalue weighted by molar-refractivity contribution is 9.10. The van der Waals surface area contributed by atoms with E-state index in [2.05, 4.69) is 26.1 Å².